The number of ether oxygens (including phenoxy) is 1. The van der Waals surface area contributed by atoms with Gasteiger partial charge in [0.2, 0.25) is 5.91 Å². The quantitative estimate of drug-likeness (QED) is 0.532. The molecule has 0 unspecified atom stereocenters. The molecular formula is C21H20Cl2N2O4. The van der Waals surface area contributed by atoms with Gasteiger partial charge >= 0.3 is 0 Å². The summed E-state index contributed by atoms with van der Waals surface area (Å²) in [5.74, 6) is 0.0329. The molecule has 2 amide bonds. The zero-order valence-corrected chi connectivity index (χ0v) is 17.5. The van der Waals surface area contributed by atoms with Crippen molar-refractivity contribution in [3.8, 4) is 0 Å². The van der Waals surface area contributed by atoms with Crippen LogP contribution >= 0.6 is 23.2 Å². The second kappa shape index (κ2) is 9.31. The molecule has 2 N–H and O–H groups in total. The topological polar surface area (TPSA) is 80.6 Å². The van der Waals surface area contributed by atoms with Crippen molar-refractivity contribution in [3.63, 3.8) is 0 Å². The Morgan fingerprint density at radius 2 is 1.79 bits per heavy atom. The summed E-state index contributed by atoms with van der Waals surface area (Å²) in [6, 6.07) is 10.2. The molecule has 0 saturated carbocycles. The minimum Gasteiger partial charge on any atom is -0.459 e. The average Bonchev–Trinajstić information content (AvgIpc) is 2.98. The van der Waals surface area contributed by atoms with Crippen LogP contribution in [0.1, 0.15) is 21.7 Å². The van der Waals surface area contributed by atoms with Crippen molar-refractivity contribution in [2.75, 3.05) is 25.6 Å². The Morgan fingerprint density at radius 3 is 2.48 bits per heavy atom. The SMILES string of the molecule is COCCNC(=O)Cc1c(C)oc2c(NC(=O)c3c(Cl)cccc3Cl)cccc12. The van der Waals surface area contributed by atoms with Crippen LogP contribution in [0, 0.1) is 6.92 Å². The third kappa shape index (κ3) is 4.72. The van der Waals surface area contributed by atoms with E-state index in [2.05, 4.69) is 10.6 Å². The molecular weight excluding hydrogens is 415 g/mol. The Labute approximate surface area is 178 Å². The normalized spacial score (nSPS) is 10.9. The van der Waals surface area contributed by atoms with Crippen LogP contribution in [0.15, 0.2) is 40.8 Å². The second-order valence-corrected chi connectivity index (χ2v) is 7.20. The predicted molar refractivity (Wildman–Crippen MR) is 114 cm³/mol. The lowest BCUT2D eigenvalue weighted by atomic mass is 10.1. The van der Waals surface area contributed by atoms with Gasteiger partial charge in [-0.2, -0.15) is 0 Å². The van der Waals surface area contributed by atoms with Gasteiger partial charge in [0.05, 0.1) is 34.3 Å². The summed E-state index contributed by atoms with van der Waals surface area (Å²) in [4.78, 5) is 24.9. The van der Waals surface area contributed by atoms with Gasteiger partial charge in [0, 0.05) is 24.6 Å². The van der Waals surface area contributed by atoms with Crippen LogP contribution in [-0.2, 0) is 16.0 Å². The zero-order valence-electron chi connectivity index (χ0n) is 16.0. The summed E-state index contributed by atoms with van der Waals surface area (Å²) >= 11 is 12.3. The Bertz CT molecular complexity index is 1040. The molecule has 0 saturated heterocycles. The number of hydrogen-bond acceptors (Lipinski definition) is 4. The highest BCUT2D eigenvalue weighted by atomic mass is 35.5. The van der Waals surface area contributed by atoms with E-state index in [1.807, 2.05) is 6.07 Å². The number of rotatable bonds is 7. The summed E-state index contributed by atoms with van der Waals surface area (Å²) in [5, 5.41) is 6.86. The molecule has 0 radical (unpaired) electrons. The maximum absolute atomic E-state index is 12.7. The van der Waals surface area contributed by atoms with Crippen molar-refractivity contribution in [2.24, 2.45) is 0 Å². The van der Waals surface area contributed by atoms with Crippen molar-refractivity contribution in [1.29, 1.82) is 0 Å². The first-order valence-corrected chi connectivity index (χ1v) is 9.70. The summed E-state index contributed by atoms with van der Waals surface area (Å²) in [6.45, 7) is 2.66. The number of amides is 2. The van der Waals surface area contributed by atoms with E-state index in [9.17, 15) is 9.59 Å². The Kier molecular flexibility index (Phi) is 6.79. The number of furan rings is 1. The number of nitrogens with one attached hydrogen (secondary N) is 2. The first kappa shape index (κ1) is 21.2. The number of anilines is 1. The minimum absolute atomic E-state index is 0.134. The fourth-order valence-electron chi connectivity index (χ4n) is 3.02. The van der Waals surface area contributed by atoms with Crippen LogP contribution in [0.5, 0.6) is 0 Å². The molecule has 152 valence electrons. The van der Waals surface area contributed by atoms with Crippen LogP contribution in [0.4, 0.5) is 5.69 Å². The lowest BCUT2D eigenvalue weighted by molar-refractivity contribution is -0.120. The molecule has 0 fully saturated rings. The van der Waals surface area contributed by atoms with Gasteiger partial charge in [-0.1, -0.05) is 41.4 Å². The monoisotopic (exact) mass is 434 g/mol. The number of hydrogen-bond donors (Lipinski definition) is 2. The zero-order chi connectivity index (χ0) is 21.0. The van der Waals surface area contributed by atoms with Gasteiger partial charge < -0.3 is 19.8 Å². The number of methoxy groups -OCH3 is 1. The molecule has 0 aliphatic rings. The molecule has 29 heavy (non-hydrogen) atoms. The lowest BCUT2D eigenvalue weighted by Crippen LogP contribution is -2.28. The number of para-hydroxylation sites is 1. The molecule has 0 aliphatic carbocycles. The van der Waals surface area contributed by atoms with E-state index in [0.29, 0.717) is 30.2 Å². The number of aryl methyl sites for hydroxylation is 1. The number of carbonyl (C=O) groups is 2. The summed E-state index contributed by atoms with van der Waals surface area (Å²) in [5.41, 5.74) is 1.91. The van der Waals surface area contributed by atoms with Gasteiger partial charge in [-0.25, -0.2) is 0 Å². The number of fused-ring (bicyclic) bond motifs is 1. The number of carbonyl (C=O) groups excluding carboxylic acids is 2. The largest absolute Gasteiger partial charge is 0.459 e. The van der Waals surface area contributed by atoms with Gasteiger partial charge in [0.25, 0.3) is 5.91 Å². The van der Waals surface area contributed by atoms with E-state index in [1.165, 1.54) is 0 Å². The maximum atomic E-state index is 12.7. The molecule has 3 rings (SSSR count). The smallest absolute Gasteiger partial charge is 0.258 e. The van der Waals surface area contributed by atoms with E-state index in [0.717, 1.165) is 10.9 Å². The molecule has 0 aliphatic heterocycles. The van der Waals surface area contributed by atoms with Gasteiger partial charge in [0.1, 0.15) is 5.76 Å². The summed E-state index contributed by atoms with van der Waals surface area (Å²) in [7, 11) is 1.57. The fourth-order valence-corrected chi connectivity index (χ4v) is 3.59. The van der Waals surface area contributed by atoms with Crippen LogP contribution in [0.3, 0.4) is 0 Å². The van der Waals surface area contributed by atoms with Crippen molar-refractivity contribution >= 4 is 51.7 Å². The van der Waals surface area contributed by atoms with Gasteiger partial charge in [0.15, 0.2) is 5.58 Å². The van der Waals surface area contributed by atoms with E-state index < -0.39 is 5.91 Å². The summed E-state index contributed by atoms with van der Waals surface area (Å²) in [6.07, 6.45) is 0.163. The van der Waals surface area contributed by atoms with E-state index >= 15 is 0 Å². The molecule has 0 atom stereocenters. The van der Waals surface area contributed by atoms with E-state index in [1.54, 1.807) is 44.4 Å². The minimum atomic E-state index is -0.444. The lowest BCUT2D eigenvalue weighted by Gasteiger charge is -2.09. The first-order chi connectivity index (χ1) is 13.9. The third-order valence-electron chi connectivity index (χ3n) is 4.42. The standard InChI is InChI=1S/C21H20Cl2N2O4/c1-12-14(11-18(26)24-9-10-28-2)13-5-3-8-17(20(13)29-12)25-21(27)19-15(22)6-4-7-16(19)23/h3-8H,9-11H2,1-2H3,(H,24,26)(H,25,27). The van der Waals surface area contributed by atoms with Crippen LogP contribution in [0.2, 0.25) is 10.0 Å². The van der Waals surface area contributed by atoms with Crippen LogP contribution in [0.25, 0.3) is 11.0 Å². The molecule has 1 heterocycles. The number of halogens is 2. The maximum Gasteiger partial charge on any atom is 0.258 e. The van der Waals surface area contributed by atoms with Gasteiger partial charge in [-0.05, 0) is 25.1 Å². The fraction of sp³-hybridized carbons (Fsp3) is 0.238. The first-order valence-electron chi connectivity index (χ1n) is 8.94. The van der Waals surface area contributed by atoms with Crippen molar-refractivity contribution < 1.29 is 18.7 Å². The van der Waals surface area contributed by atoms with Crippen molar-refractivity contribution in [1.82, 2.24) is 5.32 Å². The third-order valence-corrected chi connectivity index (χ3v) is 5.05. The number of benzene rings is 2. The van der Waals surface area contributed by atoms with Crippen molar-refractivity contribution in [2.45, 2.75) is 13.3 Å². The Hall–Kier alpha value is -2.54. The molecule has 1 aromatic heterocycles. The van der Waals surface area contributed by atoms with Crippen LogP contribution in [-0.4, -0.2) is 32.1 Å². The predicted octanol–water partition coefficient (Wildman–Crippen LogP) is 4.61. The van der Waals surface area contributed by atoms with Crippen LogP contribution < -0.4 is 10.6 Å². The highest BCUT2D eigenvalue weighted by Crippen LogP contribution is 2.33. The molecule has 3 aromatic rings. The molecule has 2 aromatic carbocycles. The second-order valence-electron chi connectivity index (χ2n) is 6.39. The highest BCUT2D eigenvalue weighted by Gasteiger charge is 2.20. The molecule has 8 heteroatoms. The van der Waals surface area contributed by atoms with Gasteiger partial charge in [-0.15, -0.1) is 0 Å². The summed E-state index contributed by atoms with van der Waals surface area (Å²) < 4.78 is 10.8. The Morgan fingerprint density at radius 1 is 1.10 bits per heavy atom. The highest BCUT2D eigenvalue weighted by molar-refractivity contribution is 6.40. The molecule has 0 spiro atoms. The van der Waals surface area contributed by atoms with E-state index in [4.69, 9.17) is 32.4 Å². The average molecular weight is 435 g/mol. The molecule has 6 nitrogen and oxygen atoms in total. The molecule has 0 bridgehead atoms. The van der Waals surface area contributed by atoms with E-state index in [-0.39, 0.29) is 27.9 Å². The van der Waals surface area contributed by atoms with Gasteiger partial charge in [-0.3, -0.25) is 9.59 Å². The Balaban J connectivity index is 1.87. The van der Waals surface area contributed by atoms with Crippen molar-refractivity contribution in [3.05, 3.63) is 63.3 Å².